The summed E-state index contributed by atoms with van der Waals surface area (Å²) in [6, 6.07) is 13.9. The molecule has 2 aromatic rings. The summed E-state index contributed by atoms with van der Waals surface area (Å²) in [5, 5.41) is 19.0. The molecular weight excluding hydrogens is 350 g/mol. The molecule has 2 N–H and O–H groups in total. The number of nitrogens with zero attached hydrogens (tertiary/aromatic N) is 1. The second-order valence-electron chi connectivity index (χ2n) is 6.84. The van der Waals surface area contributed by atoms with Crippen LogP contribution < -0.4 is 0 Å². The Morgan fingerprint density at radius 3 is 2.56 bits per heavy atom. The first-order chi connectivity index (χ1) is 12.9. The van der Waals surface area contributed by atoms with E-state index in [4.69, 9.17) is 9.47 Å². The second kappa shape index (κ2) is 6.37. The normalized spacial score (nSPS) is 27.0. The number of aryl methyl sites for hydroxylation is 1. The Kier molecular flexibility index (Phi) is 4.13. The molecule has 2 aromatic carbocycles. The molecule has 2 aliphatic rings. The maximum atomic E-state index is 12.9. The van der Waals surface area contributed by atoms with Crippen molar-refractivity contribution < 1.29 is 29.3 Å². The van der Waals surface area contributed by atoms with E-state index in [0.29, 0.717) is 12.1 Å². The van der Waals surface area contributed by atoms with Crippen LogP contribution in [0.1, 0.15) is 16.7 Å². The number of aliphatic carboxylic acids is 1. The van der Waals surface area contributed by atoms with Crippen molar-refractivity contribution in [3.8, 4) is 5.75 Å². The first-order valence-electron chi connectivity index (χ1n) is 8.61. The molecule has 7 nitrogen and oxygen atoms in total. The summed E-state index contributed by atoms with van der Waals surface area (Å²) < 4.78 is 11.6. The number of phenolic OH excluding ortho intramolecular Hbond substituents is 1. The molecule has 7 heteroatoms. The SMILES string of the molecule is Cc1ccccc1CN1CC2(c3ccc(O)cc3)OC(C(=O)O)C(O2)C1=O. The average Bonchev–Trinajstić information content (AvgIpc) is 2.99. The van der Waals surface area contributed by atoms with Crippen molar-refractivity contribution in [2.45, 2.75) is 31.5 Å². The van der Waals surface area contributed by atoms with Crippen LogP contribution in [0.4, 0.5) is 0 Å². The van der Waals surface area contributed by atoms with Crippen molar-refractivity contribution >= 4 is 11.9 Å². The van der Waals surface area contributed by atoms with Gasteiger partial charge in [-0.05, 0) is 42.3 Å². The minimum Gasteiger partial charge on any atom is -0.508 e. The quantitative estimate of drug-likeness (QED) is 0.853. The fourth-order valence-corrected chi connectivity index (χ4v) is 3.57. The van der Waals surface area contributed by atoms with E-state index in [9.17, 15) is 19.8 Å². The van der Waals surface area contributed by atoms with E-state index < -0.39 is 29.9 Å². The standard InChI is InChI=1S/C20H19NO6/c1-12-4-2-3-5-13(12)10-21-11-20(14-6-8-15(22)9-7-14)26-16(18(21)23)17(27-20)19(24)25/h2-9,16-17,22H,10-11H2,1H3,(H,24,25). The monoisotopic (exact) mass is 369 g/mol. The van der Waals surface area contributed by atoms with Gasteiger partial charge in [-0.15, -0.1) is 0 Å². The zero-order valence-electron chi connectivity index (χ0n) is 14.7. The fourth-order valence-electron chi connectivity index (χ4n) is 3.57. The largest absolute Gasteiger partial charge is 0.508 e. The molecule has 2 bridgehead atoms. The Labute approximate surface area is 155 Å². The predicted molar refractivity (Wildman–Crippen MR) is 93.8 cm³/mol. The molecule has 2 saturated heterocycles. The molecule has 0 radical (unpaired) electrons. The Bertz CT molecular complexity index is 896. The summed E-state index contributed by atoms with van der Waals surface area (Å²) in [5.41, 5.74) is 2.56. The number of ether oxygens (including phenoxy) is 2. The van der Waals surface area contributed by atoms with Crippen LogP contribution in [0.5, 0.6) is 5.75 Å². The number of benzene rings is 2. The fraction of sp³-hybridized carbons (Fsp3) is 0.300. The number of hydrogen-bond donors (Lipinski definition) is 2. The van der Waals surface area contributed by atoms with E-state index in [0.717, 1.165) is 11.1 Å². The summed E-state index contributed by atoms with van der Waals surface area (Å²) >= 11 is 0. The summed E-state index contributed by atoms with van der Waals surface area (Å²) in [4.78, 5) is 26.1. The van der Waals surface area contributed by atoms with Crippen LogP contribution in [0.25, 0.3) is 0 Å². The third kappa shape index (κ3) is 2.94. The minimum absolute atomic E-state index is 0.0607. The lowest BCUT2D eigenvalue weighted by Crippen LogP contribution is -2.53. The van der Waals surface area contributed by atoms with Crippen molar-refractivity contribution in [3.05, 3.63) is 65.2 Å². The molecule has 0 saturated carbocycles. The number of carbonyl (C=O) groups is 2. The molecule has 2 fully saturated rings. The van der Waals surface area contributed by atoms with E-state index in [-0.39, 0.29) is 12.3 Å². The first-order valence-corrected chi connectivity index (χ1v) is 8.61. The van der Waals surface area contributed by atoms with Crippen LogP contribution in [0.15, 0.2) is 48.5 Å². The van der Waals surface area contributed by atoms with Gasteiger partial charge < -0.3 is 24.6 Å². The molecule has 2 heterocycles. The van der Waals surface area contributed by atoms with Gasteiger partial charge in [-0.3, -0.25) is 4.79 Å². The van der Waals surface area contributed by atoms with Gasteiger partial charge in [-0.1, -0.05) is 24.3 Å². The smallest absolute Gasteiger partial charge is 0.336 e. The molecule has 1 amide bonds. The molecule has 3 unspecified atom stereocenters. The van der Waals surface area contributed by atoms with Crippen molar-refractivity contribution in [2.24, 2.45) is 0 Å². The highest BCUT2D eigenvalue weighted by molar-refractivity contribution is 5.89. The van der Waals surface area contributed by atoms with Crippen molar-refractivity contribution in [2.75, 3.05) is 6.54 Å². The van der Waals surface area contributed by atoms with Crippen LogP contribution in [-0.4, -0.2) is 45.7 Å². The van der Waals surface area contributed by atoms with Gasteiger partial charge in [0.2, 0.25) is 5.79 Å². The molecule has 0 aliphatic carbocycles. The number of carboxylic acids is 1. The van der Waals surface area contributed by atoms with Gasteiger partial charge in [-0.25, -0.2) is 4.79 Å². The Morgan fingerprint density at radius 2 is 1.89 bits per heavy atom. The van der Waals surface area contributed by atoms with E-state index >= 15 is 0 Å². The van der Waals surface area contributed by atoms with E-state index in [2.05, 4.69) is 0 Å². The third-order valence-corrected chi connectivity index (χ3v) is 5.04. The number of carboxylic acid groups (broad SMARTS) is 1. The summed E-state index contributed by atoms with van der Waals surface area (Å²) in [7, 11) is 0. The van der Waals surface area contributed by atoms with Gasteiger partial charge in [0, 0.05) is 12.1 Å². The van der Waals surface area contributed by atoms with Crippen LogP contribution in [0.3, 0.4) is 0 Å². The second-order valence-corrected chi connectivity index (χ2v) is 6.84. The lowest BCUT2D eigenvalue weighted by molar-refractivity contribution is -0.219. The highest BCUT2D eigenvalue weighted by Gasteiger charge is 2.60. The zero-order valence-corrected chi connectivity index (χ0v) is 14.7. The Morgan fingerprint density at radius 1 is 1.19 bits per heavy atom. The molecule has 2 aliphatic heterocycles. The van der Waals surface area contributed by atoms with Gasteiger partial charge in [0.25, 0.3) is 5.91 Å². The van der Waals surface area contributed by atoms with Crippen LogP contribution in [-0.2, 0) is 31.4 Å². The summed E-state index contributed by atoms with van der Waals surface area (Å²) in [6.45, 7) is 2.35. The number of carbonyl (C=O) groups excluding carboxylic acids is 1. The Balaban J connectivity index is 1.71. The predicted octanol–water partition coefficient (Wildman–Crippen LogP) is 1.76. The molecule has 0 aromatic heterocycles. The lowest BCUT2D eigenvalue weighted by atomic mass is 10.0. The molecule has 4 rings (SSSR count). The highest BCUT2D eigenvalue weighted by atomic mass is 16.8. The lowest BCUT2D eigenvalue weighted by Gasteiger charge is -2.38. The topological polar surface area (TPSA) is 96.3 Å². The number of fused-ring (bicyclic) bond motifs is 2. The first kappa shape index (κ1) is 17.5. The average molecular weight is 369 g/mol. The van der Waals surface area contributed by atoms with Crippen LogP contribution in [0.2, 0.25) is 0 Å². The third-order valence-electron chi connectivity index (χ3n) is 5.04. The van der Waals surface area contributed by atoms with Crippen LogP contribution >= 0.6 is 0 Å². The molecular formula is C20H19NO6. The van der Waals surface area contributed by atoms with Crippen molar-refractivity contribution in [1.29, 1.82) is 0 Å². The van der Waals surface area contributed by atoms with Crippen molar-refractivity contribution in [1.82, 2.24) is 4.90 Å². The van der Waals surface area contributed by atoms with E-state index in [1.54, 1.807) is 17.0 Å². The number of aromatic hydroxyl groups is 1. The van der Waals surface area contributed by atoms with Gasteiger partial charge in [0.05, 0.1) is 6.54 Å². The highest BCUT2D eigenvalue weighted by Crippen LogP contribution is 2.43. The number of amides is 1. The zero-order chi connectivity index (χ0) is 19.2. The van der Waals surface area contributed by atoms with Gasteiger partial charge in [0.1, 0.15) is 5.75 Å². The van der Waals surface area contributed by atoms with Crippen LogP contribution in [0, 0.1) is 6.92 Å². The van der Waals surface area contributed by atoms with Gasteiger partial charge in [-0.2, -0.15) is 0 Å². The summed E-state index contributed by atoms with van der Waals surface area (Å²) in [5.74, 6) is -2.95. The molecule has 140 valence electrons. The van der Waals surface area contributed by atoms with Crippen molar-refractivity contribution in [3.63, 3.8) is 0 Å². The molecule has 3 atom stereocenters. The van der Waals surface area contributed by atoms with Gasteiger partial charge >= 0.3 is 5.97 Å². The maximum absolute atomic E-state index is 12.9. The maximum Gasteiger partial charge on any atom is 0.336 e. The number of rotatable bonds is 4. The van der Waals surface area contributed by atoms with Gasteiger partial charge in [0.15, 0.2) is 12.2 Å². The minimum atomic E-state index is -1.38. The van der Waals surface area contributed by atoms with E-state index in [1.165, 1.54) is 12.1 Å². The molecule has 0 spiro atoms. The number of hydrogen-bond acceptors (Lipinski definition) is 5. The number of morpholine rings is 1. The number of phenols is 1. The van der Waals surface area contributed by atoms with E-state index in [1.807, 2.05) is 31.2 Å². The summed E-state index contributed by atoms with van der Waals surface area (Å²) in [6.07, 6.45) is -2.60. The molecule has 27 heavy (non-hydrogen) atoms. The Hall–Kier alpha value is -2.90.